The van der Waals surface area contributed by atoms with Crippen LogP contribution < -0.4 is 10.6 Å². The van der Waals surface area contributed by atoms with E-state index in [4.69, 9.17) is 9.47 Å². The molecule has 0 aliphatic heterocycles. The number of H-pyrrole nitrogens is 2. The van der Waals surface area contributed by atoms with Gasteiger partial charge in [0.15, 0.2) is 0 Å². The molecule has 2 heterocycles. The summed E-state index contributed by atoms with van der Waals surface area (Å²) in [6.07, 6.45) is -0.935. The molecule has 6 rings (SSSR count). The van der Waals surface area contributed by atoms with E-state index < -0.39 is 12.2 Å². The SMILES string of the molecule is CCOC(=O)Nc1[nH]c2ccc(Br)cc2c1-c1ccccc1.CCOC(=O)Nc1[nH]c2ccc(Br)cc2c1-c1ccccc1. The van der Waals surface area contributed by atoms with Crippen LogP contribution in [-0.4, -0.2) is 35.4 Å². The number of amides is 2. The van der Waals surface area contributed by atoms with E-state index >= 15 is 0 Å². The zero-order valence-corrected chi connectivity index (χ0v) is 27.2. The second kappa shape index (κ2) is 14.3. The van der Waals surface area contributed by atoms with Crippen LogP contribution in [0.1, 0.15) is 13.8 Å². The molecule has 2 aromatic heterocycles. The molecule has 4 N–H and O–H groups in total. The number of carbonyl (C=O) groups excluding carboxylic acids is 2. The van der Waals surface area contributed by atoms with Gasteiger partial charge in [0, 0.05) is 41.9 Å². The summed E-state index contributed by atoms with van der Waals surface area (Å²) in [5.74, 6) is 1.27. The van der Waals surface area contributed by atoms with Crippen LogP contribution in [0.5, 0.6) is 0 Å². The normalized spacial score (nSPS) is 10.6. The predicted molar refractivity (Wildman–Crippen MR) is 184 cm³/mol. The van der Waals surface area contributed by atoms with Crippen molar-refractivity contribution in [2.24, 2.45) is 0 Å². The van der Waals surface area contributed by atoms with Gasteiger partial charge in [-0.1, -0.05) is 92.5 Å². The van der Waals surface area contributed by atoms with Crippen molar-refractivity contribution < 1.29 is 19.1 Å². The van der Waals surface area contributed by atoms with Crippen LogP contribution >= 0.6 is 31.9 Å². The van der Waals surface area contributed by atoms with Gasteiger partial charge >= 0.3 is 12.2 Å². The first-order chi connectivity index (χ1) is 21.4. The maximum Gasteiger partial charge on any atom is 0.412 e. The fourth-order valence-corrected chi connectivity index (χ4v) is 5.59. The van der Waals surface area contributed by atoms with Crippen LogP contribution in [0.3, 0.4) is 0 Å². The number of rotatable bonds is 6. The molecule has 10 heteroatoms. The summed E-state index contributed by atoms with van der Waals surface area (Å²) in [5, 5.41) is 7.64. The van der Waals surface area contributed by atoms with E-state index in [0.29, 0.717) is 24.8 Å². The number of carbonyl (C=O) groups is 2. The first-order valence-electron chi connectivity index (χ1n) is 14.0. The predicted octanol–water partition coefficient (Wildman–Crippen LogP) is 10.3. The summed E-state index contributed by atoms with van der Waals surface area (Å²) < 4.78 is 11.9. The zero-order valence-electron chi connectivity index (χ0n) is 24.0. The molecule has 0 aliphatic rings. The quantitative estimate of drug-likeness (QED) is 0.137. The van der Waals surface area contributed by atoms with E-state index in [2.05, 4.69) is 52.5 Å². The fourth-order valence-electron chi connectivity index (χ4n) is 4.86. The Morgan fingerprint density at radius 1 is 0.614 bits per heavy atom. The minimum Gasteiger partial charge on any atom is -0.450 e. The molecule has 224 valence electrons. The highest BCUT2D eigenvalue weighted by Gasteiger charge is 2.17. The number of ether oxygens (including phenoxy) is 2. The van der Waals surface area contributed by atoms with E-state index in [1.54, 1.807) is 13.8 Å². The van der Waals surface area contributed by atoms with E-state index in [9.17, 15) is 9.59 Å². The highest BCUT2D eigenvalue weighted by Crippen LogP contribution is 2.38. The Labute approximate surface area is 271 Å². The van der Waals surface area contributed by atoms with E-state index in [1.807, 2.05) is 97.1 Å². The molecule has 4 aromatic carbocycles. The molecule has 0 saturated carbocycles. The standard InChI is InChI=1S/2C17H15BrN2O2/c2*1-2-22-17(21)20-16-15(11-6-4-3-5-7-11)13-10-12(18)8-9-14(13)19-16/h2*3-10,19H,2H2,1H3,(H,20,21). The second-order valence-electron chi connectivity index (χ2n) is 9.55. The first kappa shape index (κ1) is 30.9. The maximum absolute atomic E-state index is 11.8. The molecule has 0 atom stereocenters. The largest absolute Gasteiger partial charge is 0.450 e. The summed E-state index contributed by atoms with van der Waals surface area (Å²) >= 11 is 7.00. The lowest BCUT2D eigenvalue weighted by Crippen LogP contribution is -2.14. The van der Waals surface area contributed by atoms with Gasteiger partial charge in [-0.15, -0.1) is 0 Å². The van der Waals surface area contributed by atoms with Crippen LogP contribution in [0.2, 0.25) is 0 Å². The Kier molecular flexibility index (Phi) is 10.0. The molecular weight excluding hydrogens is 688 g/mol. The molecule has 0 aliphatic carbocycles. The van der Waals surface area contributed by atoms with Gasteiger partial charge in [0.2, 0.25) is 0 Å². The van der Waals surface area contributed by atoms with Crippen LogP contribution in [0.4, 0.5) is 21.2 Å². The average molecular weight is 718 g/mol. The molecule has 8 nitrogen and oxygen atoms in total. The Balaban J connectivity index is 0.000000175. The minimum atomic E-state index is -0.467. The number of aromatic nitrogens is 2. The van der Waals surface area contributed by atoms with Gasteiger partial charge in [-0.3, -0.25) is 10.6 Å². The lowest BCUT2D eigenvalue weighted by molar-refractivity contribution is 0.167. The lowest BCUT2D eigenvalue weighted by atomic mass is 10.0. The van der Waals surface area contributed by atoms with E-state index in [0.717, 1.165) is 53.0 Å². The summed E-state index contributed by atoms with van der Waals surface area (Å²) in [5.41, 5.74) is 5.86. The van der Waals surface area contributed by atoms with Crippen LogP contribution in [0, 0.1) is 0 Å². The number of aromatic amines is 2. The van der Waals surface area contributed by atoms with Crippen LogP contribution in [0.15, 0.2) is 106 Å². The topological polar surface area (TPSA) is 108 Å². The molecule has 44 heavy (non-hydrogen) atoms. The first-order valence-corrected chi connectivity index (χ1v) is 15.6. The number of halogens is 2. The van der Waals surface area contributed by atoms with Gasteiger partial charge in [0.25, 0.3) is 0 Å². The van der Waals surface area contributed by atoms with Gasteiger partial charge in [-0.25, -0.2) is 9.59 Å². The molecule has 2 amide bonds. The highest BCUT2D eigenvalue weighted by molar-refractivity contribution is 9.10. The Bertz CT molecular complexity index is 1760. The third-order valence-corrected chi connectivity index (χ3v) is 7.64. The van der Waals surface area contributed by atoms with Crippen LogP contribution in [-0.2, 0) is 9.47 Å². The van der Waals surface area contributed by atoms with Gasteiger partial charge in [0.05, 0.1) is 13.2 Å². The number of anilines is 2. The number of hydrogen-bond donors (Lipinski definition) is 4. The summed E-state index contributed by atoms with van der Waals surface area (Å²) in [7, 11) is 0. The number of fused-ring (bicyclic) bond motifs is 2. The fraction of sp³-hybridized carbons (Fsp3) is 0.118. The van der Waals surface area contributed by atoms with E-state index in [1.165, 1.54) is 0 Å². The van der Waals surface area contributed by atoms with Crippen molar-refractivity contribution in [2.45, 2.75) is 13.8 Å². The van der Waals surface area contributed by atoms with Gasteiger partial charge < -0.3 is 19.4 Å². The number of hydrogen-bond acceptors (Lipinski definition) is 4. The van der Waals surface area contributed by atoms with Crippen molar-refractivity contribution in [3.8, 4) is 22.3 Å². The molecule has 0 unspecified atom stereocenters. The average Bonchev–Trinajstić information content (AvgIpc) is 3.55. The molecule has 0 fully saturated rings. The van der Waals surface area contributed by atoms with Crippen molar-refractivity contribution in [3.05, 3.63) is 106 Å². The van der Waals surface area contributed by atoms with Gasteiger partial charge in [0.1, 0.15) is 11.6 Å². The lowest BCUT2D eigenvalue weighted by Gasteiger charge is -2.07. The van der Waals surface area contributed by atoms with Gasteiger partial charge in [-0.05, 0) is 61.4 Å². The van der Waals surface area contributed by atoms with Crippen LogP contribution in [0.25, 0.3) is 44.1 Å². The smallest absolute Gasteiger partial charge is 0.412 e. The third kappa shape index (κ3) is 7.15. The Hall–Kier alpha value is -4.54. The monoisotopic (exact) mass is 716 g/mol. The van der Waals surface area contributed by atoms with Crippen molar-refractivity contribution in [1.82, 2.24) is 9.97 Å². The molecule has 0 bridgehead atoms. The second-order valence-corrected chi connectivity index (χ2v) is 11.4. The molecule has 6 aromatic rings. The van der Waals surface area contributed by atoms with E-state index in [-0.39, 0.29) is 0 Å². The van der Waals surface area contributed by atoms with Crippen molar-refractivity contribution in [2.75, 3.05) is 23.8 Å². The molecule has 0 radical (unpaired) electrons. The molecular formula is C34H30Br2N4O4. The maximum atomic E-state index is 11.8. The zero-order chi connectivity index (χ0) is 31.1. The number of benzene rings is 4. The third-order valence-electron chi connectivity index (χ3n) is 6.65. The summed E-state index contributed by atoms with van der Waals surface area (Å²) in [6, 6.07) is 31.8. The minimum absolute atomic E-state index is 0.332. The summed E-state index contributed by atoms with van der Waals surface area (Å²) in [6.45, 7) is 4.22. The molecule has 0 saturated heterocycles. The summed E-state index contributed by atoms with van der Waals surface area (Å²) in [4.78, 5) is 30.0. The van der Waals surface area contributed by atoms with Crippen molar-refractivity contribution in [3.63, 3.8) is 0 Å². The van der Waals surface area contributed by atoms with Crippen molar-refractivity contribution >= 4 is 77.5 Å². The Morgan fingerprint density at radius 2 is 1.00 bits per heavy atom. The molecule has 0 spiro atoms. The highest BCUT2D eigenvalue weighted by atomic mass is 79.9. The van der Waals surface area contributed by atoms with Gasteiger partial charge in [-0.2, -0.15) is 0 Å². The number of nitrogens with one attached hydrogen (secondary N) is 4. The van der Waals surface area contributed by atoms with Crippen molar-refractivity contribution in [1.29, 1.82) is 0 Å². The Morgan fingerprint density at radius 3 is 1.36 bits per heavy atom.